The minimum Gasteiger partial charge on any atom is -0.396 e. The van der Waals surface area contributed by atoms with E-state index in [1.807, 2.05) is 11.9 Å². The minimum absolute atomic E-state index is 0.0319. The molecule has 0 spiro atoms. The molecule has 1 fully saturated rings. The van der Waals surface area contributed by atoms with Crippen LogP contribution in [-0.2, 0) is 4.79 Å². The fraction of sp³-hybridized carbons (Fsp3) is 0.909. The first kappa shape index (κ1) is 11.5. The molecule has 0 unspecified atom stereocenters. The Kier molecular flexibility index (Phi) is 4.94. The number of aliphatic hydroxyl groups is 1. The number of rotatable bonds is 3. The van der Waals surface area contributed by atoms with Crippen molar-refractivity contribution in [3.8, 4) is 0 Å². The molecule has 82 valence electrons. The lowest BCUT2D eigenvalue weighted by Crippen LogP contribution is -2.37. The lowest BCUT2D eigenvalue weighted by molar-refractivity contribution is -0.132. The van der Waals surface area contributed by atoms with Gasteiger partial charge in [0.2, 0.25) is 5.91 Å². The summed E-state index contributed by atoms with van der Waals surface area (Å²) in [6.45, 7) is -0.0319. The van der Waals surface area contributed by atoms with Crippen LogP contribution < -0.4 is 0 Å². The Bertz CT molecular complexity index is 174. The molecule has 0 aromatic carbocycles. The van der Waals surface area contributed by atoms with Gasteiger partial charge in [-0.15, -0.1) is 0 Å². The molecule has 3 nitrogen and oxygen atoms in total. The maximum Gasteiger partial charge on any atom is 0.224 e. The monoisotopic (exact) mass is 199 g/mol. The Labute approximate surface area is 86.1 Å². The lowest BCUT2D eigenvalue weighted by Gasteiger charge is -2.27. The third-order valence-corrected chi connectivity index (χ3v) is 3.09. The van der Waals surface area contributed by atoms with Gasteiger partial charge in [0.1, 0.15) is 0 Å². The summed E-state index contributed by atoms with van der Waals surface area (Å²) in [6.07, 6.45) is 7.62. The standard InChI is InChI=1S/C11H21NO2/c1-12(11(14)8-9-13)10-6-4-2-3-5-7-10/h10,13H,2-9H2,1H3. The molecule has 0 bridgehead atoms. The van der Waals surface area contributed by atoms with Gasteiger partial charge >= 0.3 is 0 Å². The zero-order valence-electron chi connectivity index (χ0n) is 9.04. The van der Waals surface area contributed by atoms with Crippen molar-refractivity contribution in [3.63, 3.8) is 0 Å². The summed E-state index contributed by atoms with van der Waals surface area (Å²) in [6, 6.07) is 0.413. The molecule has 1 amide bonds. The predicted octanol–water partition coefficient (Wildman–Crippen LogP) is 1.55. The van der Waals surface area contributed by atoms with Gasteiger partial charge < -0.3 is 10.0 Å². The average Bonchev–Trinajstić information content (AvgIpc) is 2.45. The smallest absolute Gasteiger partial charge is 0.224 e. The van der Waals surface area contributed by atoms with Gasteiger partial charge in [-0.3, -0.25) is 4.79 Å². The van der Waals surface area contributed by atoms with E-state index >= 15 is 0 Å². The van der Waals surface area contributed by atoms with Crippen LogP contribution in [0.1, 0.15) is 44.9 Å². The van der Waals surface area contributed by atoms with Crippen molar-refractivity contribution >= 4 is 5.91 Å². The Morgan fingerprint density at radius 1 is 1.29 bits per heavy atom. The first-order valence-electron chi connectivity index (χ1n) is 5.62. The summed E-state index contributed by atoms with van der Waals surface area (Å²) in [4.78, 5) is 13.4. The highest BCUT2D eigenvalue weighted by molar-refractivity contribution is 5.76. The quantitative estimate of drug-likeness (QED) is 0.701. The van der Waals surface area contributed by atoms with Crippen LogP contribution in [0, 0.1) is 0 Å². The summed E-state index contributed by atoms with van der Waals surface area (Å²) >= 11 is 0. The van der Waals surface area contributed by atoms with Crippen LogP contribution in [0.2, 0.25) is 0 Å². The molecule has 0 aromatic heterocycles. The highest BCUT2D eigenvalue weighted by Gasteiger charge is 2.20. The number of amides is 1. The Morgan fingerprint density at radius 2 is 1.86 bits per heavy atom. The van der Waals surface area contributed by atoms with Crippen molar-refractivity contribution in [1.82, 2.24) is 4.90 Å². The summed E-state index contributed by atoms with van der Waals surface area (Å²) in [5, 5.41) is 8.69. The molecule has 0 saturated heterocycles. The Morgan fingerprint density at radius 3 is 2.36 bits per heavy atom. The molecule has 1 aliphatic rings. The van der Waals surface area contributed by atoms with Crippen molar-refractivity contribution in [2.24, 2.45) is 0 Å². The van der Waals surface area contributed by atoms with E-state index in [1.54, 1.807) is 0 Å². The molecular formula is C11H21NO2. The van der Waals surface area contributed by atoms with Crippen LogP contribution in [0.15, 0.2) is 0 Å². The number of aliphatic hydroxyl groups excluding tert-OH is 1. The van der Waals surface area contributed by atoms with Gasteiger partial charge in [0, 0.05) is 19.5 Å². The lowest BCUT2D eigenvalue weighted by atomic mass is 10.1. The second-order valence-corrected chi connectivity index (χ2v) is 4.12. The van der Waals surface area contributed by atoms with E-state index < -0.39 is 0 Å². The van der Waals surface area contributed by atoms with E-state index in [2.05, 4.69) is 0 Å². The zero-order chi connectivity index (χ0) is 10.4. The van der Waals surface area contributed by atoms with Crippen LogP contribution in [0.3, 0.4) is 0 Å². The topological polar surface area (TPSA) is 40.5 Å². The predicted molar refractivity (Wildman–Crippen MR) is 56.0 cm³/mol. The van der Waals surface area contributed by atoms with E-state index in [9.17, 15) is 4.79 Å². The summed E-state index contributed by atoms with van der Waals surface area (Å²) in [5.74, 6) is 0.0828. The van der Waals surface area contributed by atoms with E-state index in [0.717, 1.165) is 12.8 Å². The number of carbonyl (C=O) groups is 1. The second kappa shape index (κ2) is 6.02. The highest BCUT2D eigenvalue weighted by atomic mass is 16.3. The molecule has 0 heterocycles. The third-order valence-electron chi connectivity index (χ3n) is 3.09. The molecule has 3 heteroatoms. The van der Waals surface area contributed by atoms with Crippen LogP contribution in [-0.4, -0.2) is 35.6 Å². The number of nitrogens with zero attached hydrogens (tertiary/aromatic N) is 1. The summed E-state index contributed by atoms with van der Waals surface area (Å²) in [7, 11) is 1.87. The first-order valence-corrected chi connectivity index (χ1v) is 5.62. The van der Waals surface area contributed by atoms with Crippen LogP contribution in [0.5, 0.6) is 0 Å². The molecule has 0 atom stereocenters. The minimum atomic E-state index is -0.0319. The molecule has 0 aromatic rings. The normalized spacial score (nSPS) is 19.0. The van der Waals surface area contributed by atoms with Gasteiger partial charge in [-0.2, -0.15) is 0 Å². The molecule has 0 radical (unpaired) electrons. The highest BCUT2D eigenvalue weighted by Crippen LogP contribution is 2.21. The van der Waals surface area contributed by atoms with Crippen molar-refractivity contribution in [3.05, 3.63) is 0 Å². The third kappa shape index (κ3) is 3.29. The second-order valence-electron chi connectivity index (χ2n) is 4.12. The van der Waals surface area contributed by atoms with Crippen LogP contribution in [0.25, 0.3) is 0 Å². The van der Waals surface area contributed by atoms with Gasteiger partial charge in [-0.05, 0) is 12.8 Å². The molecule has 0 aliphatic heterocycles. The van der Waals surface area contributed by atoms with Crippen LogP contribution in [0.4, 0.5) is 0 Å². The number of carbonyl (C=O) groups excluding carboxylic acids is 1. The van der Waals surface area contributed by atoms with E-state index in [4.69, 9.17) is 5.11 Å². The molecule has 1 aliphatic carbocycles. The van der Waals surface area contributed by atoms with Gasteiger partial charge in [0.25, 0.3) is 0 Å². The maximum atomic E-state index is 11.5. The number of hydrogen-bond donors (Lipinski definition) is 1. The van der Waals surface area contributed by atoms with Crippen molar-refractivity contribution in [1.29, 1.82) is 0 Å². The molecular weight excluding hydrogens is 178 g/mol. The van der Waals surface area contributed by atoms with Crippen LogP contribution >= 0.6 is 0 Å². The van der Waals surface area contributed by atoms with Gasteiger partial charge in [-0.25, -0.2) is 0 Å². The molecule has 1 saturated carbocycles. The SMILES string of the molecule is CN(C(=O)CCO)C1CCCCCC1. The zero-order valence-corrected chi connectivity index (χ0v) is 9.04. The molecule has 14 heavy (non-hydrogen) atoms. The molecule has 1 N–H and O–H groups in total. The van der Waals surface area contributed by atoms with E-state index in [1.165, 1.54) is 25.7 Å². The molecule has 1 rings (SSSR count). The fourth-order valence-electron chi connectivity index (χ4n) is 2.12. The Balaban J connectivity index is 2.40. The van der Waals surface area contributed by atoms with Gasteiger partial charge in [-0.1, -0.05) is 25.7 Å². The van der Waals surface area contributed by atoms with Crippen molar-refractivity contribution in [2.75, 3.05) is 13.7 Å². The largest absolute Gasteiger partial charge is 0.396 e. The van der Waals surface area contributed by atoms with Gasteiger partial charge in [0.15, 0.2) is 0 Å². The maximum absolute atomic E-state index is 11.5. The fourth-order valence-corrected chi connectivity index (χ4v) is 2.12. The van der Waals surface area contributed by atoms with Crippen molar-refractivity contribution in [2.45, 2.75) is 51.0 Å². The van der Waals surface area contributed by atoms with Crippen molar-refractivity contribution < 1.29 is 9.90 Å². The van der Waals surface area contributed by atoms with Gasteiger partial charge in [0.05, 0.1) is 6.61 Å². The van der Waals surface area contributed by atoms with E-state index in [0.29, 0.717) is 6.04 Å². The van der Waals surface area contributed by atoms with E-state index in [-0.39, 0.29) is 18.9 Å². The average molecular weight is 199 g/mol. The summed E-state index contributed by atoms with van der Waals surface area (Å²) < 4.78 is 0. The number of hydrogen-bond acceptors (Lipinski definition) is 2. The Hall–Kier alpha value is -0.570. The summed E-state index contributed by atoms with van der Waals surface area (Å²) in [5.41, 5.74) is 0. The first-order chi connectivity index (χ1) is 6.75.